The fourth-order valence-electron chi connectivity index (χ4n) is 3.61. The van der Waals surface area contributed by atoms with Crippen LogP contribution in [0, 0.1) is 11.8 Å². The summed E-state index contributed by atoms with van der Waals surface area (Å²) < 4.78 is 4.88. The first kappa shape index (κ1) is 21.9. The molecule has 0 aliphatic heterocycles. The van der Waals surface area contributed by atoms with Crippen molar-refractivity contribution >= 4 is 17.8 Å². The van der Waals surface area contributed by atoms with E-state index in [-0.39, 0.29) is 41.6 Å². The van der Waals surface area contributed by atoms with Crippen LogP contribution in [-0.2, 0) is 19.7 Å². The molecule has 2 atom stereocenters. The highest BCUT2D eigenvalue weighted by molar-refractivity contribution is 5.96. The number of carbonyl (C=O) groups excluding carboxylic acids is 3. The van der Waals surface area contributed by atoms with Crippen molar-refractivity contribution in [1.29, 1.82) is 0 Å². The number of methoxy groups -OCH3 is 1. The van der Waals surface area contributed by atoms with Gasteiger partial charge in [0.1, 0.15) is 0 Å². The second kappa shape index (κ2) is 9.71. The van der Waals surface area contributed by atoms with Crippen molar-refractivity contribution in [1.82, 2.24) is 10.6 Å². The lowest BCUT2D eigenvalue weighted by Gasteiger charge is -2.29. The molecule has 0 aromatic heterocycles. The van der Waals surface area contributed by atoms with Crippen LogP contribution in [0.25, 0.3) is 0 Å². The minimum atomic E-state index is -0.277. The molecule has 154 valence electrons. The van der Waals surface area contributed by atoms with Crippen LogP contribution in [0.15, 0.2) is 24.3 Å². The van der Waals surface area contributed by atoms with E-state index in [0.717, 1.165) is 31.2 Å². The van der Waals surface area contributed by atoms with E-state index in [1.165, 1.54) is 7.11 Å². The maximum atomic E-state index is 12.2. The zero-order chi connectivity index (χ0) is 20.7. The summed E-state index contributed by atoms with van der Waals surface area (Å²) in [5.41, 5.74) is 1.70. The molecule has 1 aromatic rings. The summed E-state index contributed by atoms with van der Waals surface area (Å²) in [6, 6.07) is 7.42. The number of ether oxygens (including phenoxy) is 1. The van der Waals surface area contributed by atoms with Gasteiger partial charge in [0.25, 0.3) is 5.91 Å². The zero-order valence-electron chi connectivity index (χ0n) is 17.3. The molecule has 28 heavy (non-hydrogen) atoms. The van der Waals surface area contributed by atoms with E-state index >= 15 is 0 Å². The van der Waals surface area contributed by atoms with Gasteiger partial charge in [-0.15, -0.1) is 0 Å². The van der Waals surface area contributed by atoms with E-state index in [1.807, 2.05) is 12.1 Å². The Kier molecular flexibility index (Phi) is 7.61. The van der Waals surface area contributed by atoms with Crippen molar-refractivity contribution in [3.8, 4) is 0 Å². The number of hydrogen-bond donors (Lipinski definition) is 2. The average Bonchev–Trinajstić information content (AvgIpc) is 2.69. The van der Waals surface area contributed by atoms with Gasteiger partial charge < -0.3 is 15.4 Å². The van der Waals surface area contributed by atoms with E-state index in [0.29, 0.717) is 12.1 Å². The quantitative estimate of drug-likeness (QED) is 0.734. The predicted octanol–water partition coefficient (Wildman–Crippen LogP) is 2.81. The molecule has 0 saturated heterocycles. The van der Waals surface area contributed by atoms with Crippen LogP contribution >= 0.6 is 0 Å². The van der Waals surface area contributed by atoms with Crippen LogP contribution in [0.2, 0.25) is 0 Å². The van der Waals surface area contributed by atoms with Gasteiger partial charge in [0.15, 0.2) is 0 Å². The molecule has 1 aromatic carbocycles. The number of nitrogens with one attached hydrogen (secondary N) is 2. The minimum Gasteiger partial charge on any atom is -0.469 e. The molecule has 1 saturated carbocycles. The van der Waals surface area contributed by atoms with Gasteiger partial charge in [0.05, 0.1) is 19.6 Å². The monoisotopic (exact) mass is 388 g/mol. The molecule has 0 heterocycles. The van der Waals surface area contributed by atoms with Crippen molar-refractivity contribution in [3.63, 3.8) is 0 Å². The lowest BCUT2D eigenvalue weighted by Crippen LogP contribution is -2.42. The molecule has 2 amide bonds. The van der Waals surface area contributed by atoms with Crippen LogP contribution in [0.4, 0.5) is 0 Å². The van der Waals surface area contributed by atoms with Gasteiger partial charge in [-0.3, -0.25) is 14.4 Å². The Morgan fingerprint density at radius 2 is 1.68 bits per heavy atom. The van der Waals surface area contributed by atoms with Gasteiger partial charge in [0.2, 0.25) is 5.91 Å². The van der Waals surface area contributed by atoms with E-state index in [2.05, 4.69) is 31.4 Å². The predicted molar refractivity (Wildman–Crippen MR) is 108 cm³/mol. The van der Waals surface area contributed by atoms with Crippen LogP contribution in [0.3, 0.4) is 0 Å². The van der Waals surface area contributed by atoms with Crippen LogP contribution in [0.5, 0.6) is 0 Å². The first-order valence-corrected chi connectivity index (χ1v) is 9.95. The normalized spacial score (nSPS) is 19.6. The summed E-state index contributed by atoms with van der Waals surface area (Å²) >= 11 is 0. The molecule has 1 aliphatic carbocycles. The highest BCUT2D eigenvalue weighted by Gasteiger charge is 2.31. The van der Waals surface area contributed by atoms with E-state index < -0.39 is 0 Å². The topological polar surface area (TPSA) is 84.5 Å². The Bertz CT molecular complexity index is 691. The third-order valence-electron chi connectivity index (χ3n) is 5.40. The molecule has 6 nitrogen and oxygen atoms in total. The van der Waals surface area contributed by atoms with Gasteiger partial charge in [-0.2, -0.15) is 0 Å². The summed E-state index contributed by atoms with van der Waals surface area (Å²) in [6.07, 6.45) is 3.75. The molecule has 2 unspecified atom stereocenters. The minimum absolute atomic E-state index is 0.0239. The number of rotatable bonds is 6. The van der Waals surface area contributed by atoms with Crippen molar-refractivity contribution < 1.29 is 19.1 Å². The maximum Gasteiger partial charge on any atom is 0.309 e. The summed E-state index contributed by atoms with van der Waals surface area (Å²) in [4.78, 5) is 36.2. The lowest BCUT2D eigenvalue weighted by atomic mass is 9.79. The SMILES string of the molecule is COC(=O)C1CCCCC1CNC(=O)CNC(=O)c1ccc(C(C)(C)C)cc1. The average molecular weight is 389 g/mol. The standard InChI is InChI=1S/C22H32N2O4/c1-22(2,3)17-11-9-15(10-12-17)20(26)24-14-19(25)23-13-16-7-5-6-8-18(16)21(27)28-4/h9-12,16,18H,5-8,13-14H2,1-4H3,(H,23,25)(H,24,26). The fourth-order valence-corrected chi connectivity index (χ4v) is 3.61. The van der Waals surface area contributed by atoms with E-state index in [1.54, 1.807) is 12.1 Å². The summed E-state index contributed by atoms with van der Waals surface area (Å²) in [6.45, 7) is 6.68. The fraction of sp³-hybridized carbons (Fsp3) is 0.591. The second-order valence-corrected chi connectivity index (χ2v) is 8.49. The maximum absolute atomic E-state index is 12.2. The largest absolute Gasteiger partial charge is 0.469 e. The number of hydrogen-bond acceptors (Lipinski definition) is 4. The number of amides is 2. The molecule has 1 aliphatic rings. The zero-order valence-corrected chi connectivity index (χ0v) is 17.3. The van der Waals surface area contributed by atoms with Crippen LogP contribution in [0.1, 0.15) is 62.4 Å². The van der Waals surface area contributed by atoms with E-state index in [9.17, 15) is 14.4 Å². The van der Waals surface area contributed by atoms with Gasteiger partial charge >= 0.3 is 5.97 Å². The Balaban J connectivity index is 1.80. The first-order chi connectivity index (χ1) is 13.2. The number of esters is 1. The lowest BCUT2D eigenvalue weighted by molar-refractivity contribution is -0.148. The van der Waals surface area contributed by atoms with Gasteiger partial charge in [-0.25, -0.2) is 0 Å². The van der Waals surface area contributed by atoms with Crippen molar-refractivity contribution in [2.24, 2.45) is 11.8 Å². The van der Waals surface area contributed by atoms with Crippen molar-refractivity contribution in [2.75, 3.05) is 20.2 Å². The summed E-state index contributed by atoms with van der Waals surface area (Å²) in [7, 11) is 1.40. The van der Waals surface area contributed by atoms with Crippen LogP contribution < -0.4 is 10.6 Å². The highest BCUT2D eigenvalue weighted by atomic mass is 16.5. The Morgan fingerprint density at radius 3 is 2.29 bits per heavy atom. The molecule has 0 spiro atoms. The Labute approximate surface area is 167 Å². The molecule has 6 heteroatoms. The summed E-state index contributed by atoms with van der Waals surface area (Å²) in [5.74, 6) is -0.804. The highest BCUT2D eigenvalue weighted by Crippen LogP contribution is 2.30. The first-order valence-electron chi connectivity index (χ1n) is 9.95. The molecule has 0 bridgehead atoms. The third-order valence-corrected chi connectivity index (χ3v) is 5.40. The smallest absolute Gasteiger partial charge is 0.309 e. The molecule has 2 rings (SSSR count). The number of carbonyl (C=O) groups is 3. The summed E-state index contributed by atoms with van der Waals surface area (Å²) in [5, 5.41) is 5.48. The molecule has 1 fully saturated rings. The van der Waals surface area contributed by atoms with E-state index in [4.69, 9.17) is 4.74 Å². The Morgan fingerprint density at radius 1 is 1.04 bits per heavy atom. The van der Waals surface area contributed by atoms with Gasteiger partial charge in [-0.05, 0) is 41.9 Å². The van der Waals surface area contributed by atoms with Crippen LogP contribution in [-0.4, -0.2) is 38.0 Å². The van der Waals surface area contributed by atoms with Gasteiger partial charge in [-0.1, -0.05) is 45.7 Å². The number of benzene rings is 1. The Hall–Kier alpha value is -2.37. The molecular formula is C22H32N2O4. The molecular weight excluding hydrogens is 356 g/mol. The molecule has 2 N–H and O–H groups in total. The van der Waals surface area contributed by atoms with Crippen molar-refractivity contribution in [3.05, 3.63) is 35.4 Å². The second-order valence-electron chi connectivity index (χ2n) is 8.49. The molecule has 0 radical (unpaired) electrons. The van der Waals surface area contributed by atoms with Crippen molar-refractivity contribution in [2.45, 2.75) is 51.9 Å². The third kappa shape index (κ3) is 6.08. The van der Waals surface area contributed by atoms with Gasteiger partial charge in [0, 0.05) is 12.1 Å².